The standard InChI is InChI=1S/C28H28N2O4S/c1-19(2)23-12-8-9-13-24(23)30-18-29-27(35(32,33)22-16-14-20(3)15-17-22)26(30)25(28(31)34-4)21-10-6-5-7-11-21/h5-19,25H,1-4H3. The molecule has 180 valence electrons. The number of nitrogens with zero attached hydrogens (tertiary/aromatic N) is 2. The van der Waals surface area contributed by atoms with E-state index in [4.69, 9.17) is 4.74 Å². The van der Waals surface area contributed by atoms with Crippen LogP contribution in [0, 0.1) is 6.92 Å². The molecule has 3 aromatic carbocycles. The van der Waals surface area contributed by atoms with E-state index in [9.17, 15) is 13.2 Å². The van der Waals surface area contributed by atoms with Crippen LogP contribution in [-0.4, -0.2) is 31.0 Å². The van der Waals surface area contributed by atoms with Gasteiger partial charge >= 0.3 is 5.97 Å². The van der Waals surface area contributed by atoms with Crippen molar-refractivity contribution >= 4 is 15.8 Å². The summed E-state index contributed by atoms with van der Waals surface area (Å²) in [5, 5.41) is -0.167. The molecular weight excluding hydrogens is 460 g/mol. The Bertz CT molecular complexity index is 1440. The Morgan fingerprint density at radius 1 is 0.914 bits per heavy atom. The quantitative estimate of drug-likeness (QED) is 0.324. The number of imidazole rings is 1. The first-order valence-corrected chi connectivity index (χ1v) is 12.8. The number of methoxy groups -OCH3 is 1. The zero-order chi connectivity index (χ0) is 25.2. The summed E-state index contributed by atoms with van der Waals surface area (Å²) >= 11 is 0. The van der Waals surface area contributed by atoms with Crippen LogP contribution in [0.3, 0.4) is 0 Å². The van der Waals surface area contributed by atoms with Gasteiger partial charge in [0.15, 0.2) is 5.03 Å². The Hall–Kier alpha value is -3.71. The van der Waals surface area contributed by atoms with Gasteiger partial charge in [0, 0.05) is 0 Å². The number of aryl methyl sites for hydroxylation is 1. The minimum absolute atomic E-state index is 0.114. The van der Waals surface area contributed by atoms with E-state index in [1.807, 2.05) is 49.4 Å². The number of para-hydroxylation sites is 1. The third-order valence-electron chi connectivity index (χ3n) is 6.02. The van der Waals surface area contributed by atoms with Crippen LogP contribution in [0.1, 0.15) is 48.1 Å². The van der Waals surface area contributed by atoms with E-state index in [-0.39, 0.29) is 21.5 Å². The maximum Gasteiger partial charge on any atom is 0.319 e. The van der Waals surface area contributed by atoms with Crippen LogP contribution in [0.4, 0.5) is 0 Å². The van der Waals surface area contributed by atoms with Gasteiger partial charge in [-0.1, -0.05) is 80.1 Å². The van der Waals surface area contributed by atoms with E-state index in [0.717, 1.165) is 16.8 Å². The summed E-state index contributed by atoms with van der Waals surface area (Å²) < 4.78 is 34.6. The summed E-state index contributed by atoms with van der Waals surface area (Å²) in [6, 6.07) is 23.4. The summed E-state index contributed by atoms with van der Waals surface area (Å²) in [4.78, 5) is 17.7. The highest BCUT2D eigenvalue weighted by molar-refractivity contribution is 7.91. The molecule has 0 fully saturated rings. The molecule has 7 heteroatoms. The Kier molecular flexibility index (Phi) is 6.89. The normalized spacial score (nSPS) is 12.5. The van der Waals surface area contributed by atoms with E-state index >= 15 is 0 Å². The summed E-state index contributed by atoms with van der Waals surface area (Å²) in [5.41, 5.74) is 3.57. The molecule has 0 spiro atoms. The lowest BCUT2D eigenvalue weighted by Gasteiger charge is -2.21. The predicted molar refractivity (Wildman–Crippen MR) is 135 cm³/mol. The van der Waals surface area contributed by atoms with Gasteiger partial charge in [-0.2, -0.15) is 0 Å². The van der Waals surface area contributed by atoms with Crippen molar-refractivity contribution in [3.05, 3.63) is 108 Å². The van der Waals surface area contributed by atoms with Crippen molar-refractivity contribution in [1.82, 2.24) is 9.55 Å². The number of benzene rings is 3. The molecule has 1 aromatic heterocycles. The van der Waals surface area contributed by atoms with Crippen molar-refractivity contribution < 1.29 is 17.9 Å². The second kappa shape index (κ2) is 9.88. The van der Waals surface area contributed by atoms with Crippen LogP contribution in [0.25, 0.3) is 5.69 Å². The molecule has 6 nitrogen and oxygen atoms in total. The van der Waals surface area contributed by atoms with Crippen LogP contribution in [0.2, 0.25) is 0 Å². The monoisotopic (exact) mass is 488 g/mol. The molecule has 0 aliphatic carbocycles. The Morgan fingerprint density at radius 3 is 2.17 bits per heavy atom. The number of hydrogen-bond donors (Lipinski definition) is 0. The molecule has 0 amide bonds. The molecule has 4 rings (SSSR count). The molecule has 35 heavy (non-hydrogen) atoms. The van der Waals surface area contributed by atoms with E-state index in [1.54, 1.807) is 41.0 Å². The number of rotatable bonds is 7. The predicted octanol–water partition coefficient (Wildman–Crippen LogP) is 5.44. The van der Waals surface area contributed by atoms with E-state index in [0.29, 0.717) is 5.56 Å². The van der Waals surface area contributed by atoms with Crippen molar-refractivity contribution in [1.29, 1.82) is 0 Å². The fraction of sp³-hybridized carbons (Fsp3) is 0.214. The van der Waals surface area contributed by atoms with Crippen molar-refractivity contribution in [2.75, 3.05) is 7.11 Å². The molecule has 0 saturated heterocycles. The summed E-state index contributed by atoms with van der Waals surface area (Å²) in [6.07, 6.45) is 1.48. The fourth-order valence-electron chi connectivity index (χ4n) is 4.20. The van der Waals surface area contributed by atoms with Crippen molar-refractivity contribution in [2.24, 2.45) is 0 Å². The number of carbonyl (C=O) groups is 1. The molecule has 1 heterocycles. The molecule has 0 N–H and O–H groups in total. The highest BCUT2D eigenvalue weighted by Crippen LogP contribution is 2.36. The van der Waals surface area contributed by atoms with E-state index < -0.39 is 21.7 Å². The molecule has 0 radical (unpaired) electrons. The Morgan fingerprint density at radius 2 is 1.54 bits per heavy atom. The van der Waals surface area contributed by atoms with Crippen LogP contribution in [0.15, 0.2) is 95.1 Å². The molecular formula is C28H28N2O4S. The second-order valence-electron chi connectivity index (χ2n) is 8.70. The molecule has 0 aliphatic heterocycles. The number of hydrogen-bond acceptors (Lipinski definition) is 5. The Labute approximate surface area is 206 Å². The second-order valence-corrected chi connectivity index (χ2v) is 10.6. The molecule has 0 aliphatic rings. The number of carbonyl (C=O) groups excluding carboxylic acids is 1. The van der Waals surface area contributed by atoms with Crippen molar-refractivity contribution in [3.63, 3.8) is 0 Å². The first kappa shape index (κ1) is 24.4. The third-order valence-corrected chi connectivity index (χ3v) is 7.73. The van der Waals surface area contributed by atoms with Gasteiger partial charge in [0.2, 0.25) is 9.84 Å². The average molecular weight is 489 g/mol. The first-order valence-electron chi connectivity index (χ1n) is 11.4. The minimum atomic E-state index is -4.04. The summed E-state index contributed by atoms with van der Waals surface area (Å²) in [5.74, 6) is -1.41. The minimum Gasteiger partial charge on any atom is -0.468 e. The number of aromatic nitrogens is 2. The highest BCUT2D eigenvalue weighted by atomic mass is 32.2. The van der Waals surface area contributed by atoms with Crippen LogP contribution < -0.4 is 0 Å². The molecule has 0 bridgehead atoms. The lowest BCUT2D eigenvalue weighted by Crippen LogP contribution is -2.22. The molecule has 1 atom stereocenters. The highest BCUT2D eigenvalue weighted by Gasteiger charge is 2.36. The largest absolute Gasteiger partial charge is 0.468 e. The average Bonchev–Trinajstić information content (AvgIpc) is 3.30. The van der Waals surface area contributed by atoms with Gasteiger partial charge in [-0.25, -0.2) is 13.4 Å². The number of sulfone groups is 1. The maximum absolute atomic E-state index is 13.8. The lowest BCUT2D eigenvalue weighted by atomic mass is 9.95. The SMILES string of the molecule is COC(=O)C(c1ccccc1)c1c(S(=O)(=O)c2ccc(C)cc2)ncn1-c1ccccc1C(C)C. The fourth-order valence-corrected chi connectivity index (χ4v) is 5.59. The van der Waals surface area contributed by atoms with Crippen molar-refractivity contribution in [2.45, 2.75) is 42.5 Å². The lowest BCUT2D eigenvalue weighted by molar-refractivity contribution is -0.141. The van der Waals surface area contributed by atoms with Crippen LogP contribution >= 0.6 is 0 Å². The summed E-state index contributed by atoms with van der Waals surface area (Å²) in [6.45, 7) is 6.02. The van der Waals surface area contributed by atoms with Gasteiger partial charge in [0.1, 0.15) is 12.2 Å². The zero-order valence-corrected chi connectivity index (χ0v) is 21.0. The van der Waals surface area contributed by atoms with Gasteiger partial charge in [-0.05, 0) is 42.2 Å². The molecule has 4 aromatic rings. The maximum atomic E-state index is 13.8. The zero-order valence-electron chi connectivity index (χ0n) is 20.2. The van der Waals surface area contributed by atoms with Gasteiger partial charge < -0.3 is 9.30 Å². The van der Waals surface area contributed by atoms with Crippen LogP contribution in [-0.2, 0) is 19.4 Å². The summed E-state index contributed by atoms with van der Waals surface area (Å²) in [7, 11) is -2.74. The molecule has 1 unspecified atom stereocenters. The number of ether oxygens (including phenoxy) is 1. The third kappa shape index (κ3) is 4.64. The Balaban J connectivity index is 2.06. The first-order chi connectivity index (χ1) is 16.8. The topological polar surface area (TPSA) is 78.3 Å². The van der Waals surface area contributed by atoms with Gasteiger partial charge in [-0.3, -0.25) is 4.79 Å². The number of esters is 1. The smallest absolute Gasteiger partial charge is 0.319 e. The molecule has 0 saturated carbocycles. The van der Waals surface area contributed by atoms with Gasteiger partial charge in [-0.15, -0.1) is 0 Å². The van der Waals surface area contributed by atoms with E-state index in [1.165, 1.54) is 13.4 Å². The van der Waals surface area contributed by atoms with Gasteiger partial charge in [0.25, 0.3) is 0 Å². The van der Waals surface area contributed by atoms with Crippen LogP contribution in [0.5, 0.6) is 0 Å². The van der Waals surface area contributed by atoms with Gasteiger partial charge in [0.05, 0.1) is 23.4 Å². The van der Waals surface area contributed by atoms with E-state index in [2.05, 4.69) is 18.8 Å². The van der Waals surface area contributed by atoms with Crippen molar-refractivity contribution in [3.8, 4) is 5.69 Å².